The third-order valence-corrected chi connectivity index (χ3v) is 6.32. The Morgan fingerprint density at radius 3 is 2.60 bits per heavy atom. The third-order valence-electron chi connectivity index (χ3n) is 5.29. The molecule has 0 aliphatic carbocycles. The van der Waals surface area contributed by atoms with Crippen LogP contribution in [0.25, 0.3) is 16.9 Å². The zero-order valence-corrected chi connectivity index (χ0v) is 19.7. The summed E-state index contributed by atoms with van der Waals surface area (Å²) in [6, 6.07) is 8.80. The summed E-state index contributed by atoms with van der Waals surface area (Å²) >= 11 is 0. The maximum Gasteiger partial charge on any atom is 0.332 e. The molecule has 0 unspecified atom stereocenters. The van der Waals surface area contributed by atoms with Gasteiger partial charge in [-0.2, -0.15) is 0 Å². The number of nitrogens with zero attached hydrogens (tertiary/aromatic N) is 5. The first kappa shape index (κ1) is 23.9. The van der Waals surface area contributed by atoms with Gasteiger partial charge in [-0.3, -0.25) is 4.31 Å². The largest absolute Gasteiger partial charge is 0.480 e. The highest BCUT2D eigenvalue weighted by Crippen LogP contribution is 2.25. The van der Waals surface area contributed by atoms with Crippen molar-refractivity contribution in [2.45, 2.75) is 32.4 Å². The number of aromatic nitrogens is 5. The molecule has 0 spiro atoms. The molecule has 12 nitrogen and oxygen atoms in total. The molecule has 3 heterocycles. The first-order valence-electron chi connectivity index (χ1n) is 10.6. The van der Waals surface area contributed by atoms with E-state index in [1.165, 1.54) is 17.1 Å². The smallest absolute Gasteiger partial charge is 0.332 e. The number of anilines is 2. The van der Waals surface area contributed by atoms with E-state index in [0.717, 1.165) is 4.31 Å². The quantitative estimate of drug-likeness (QED) is 0.250. The Balaban J connectivity index is 1.59. The highest BCUT2D eigenvalue weighted by atomic mass is 32.2. The van der Waals surface area contributed by atoms with Crippen LogP contribution in [0.1, 0.15) is 19.4 Å². The summed E-state index contributed by atoms with van der Waals surface area (Å²) in [5, 5.41) is 12.6. The molecule has 0 fully saturated rings. The van der Waals surface area contributed by atoms with Crippen LogP contribution in [-0.4, -0.2) is 56.1 Å². The van der Waals surface area contributed by atoms with Crippen LogP contribution >= 0.6 is 0 Å². The fourth-order valence-corrected chi connectivity index (χ4v) is 4.42. The minimum absolute atomic E-state index is 0.0747. The molecule has 0 saturated heterocycles. The first-order chi connectivity index (χ1) is 16.8. The van der Waals surface area contributed by atoms with Crippen molar-refractivity contribution in [3.8, 4) is 5.69 Å². The van der Waals surface area contributed by atoms with Gasteiger partial charge in [0, 0.05) is 18.7 Å². The summed E-state index contributed by atoms with van der Waals surface area (Å²) in [7, 11) is -2.99. The second-order valence-electron chi connectivity index (χ2n) is 7.98. The van der Waals surface area contributed by atoms with E-state index in [2.05, 4.69) is 25.3 Å². The Morgan fingerprint density at radius 1 is 1.20 bits per heavy atom. The molecule has 182 valence electrons. The van der Waals surface area contributed by atoms with E-state index < -0.39 is 28.9 Å². The highest BCUT2D eigenvalue weighted by Gasteiger charge is 2.24. The van der Waals surface area contributed by atoms with Crippen LogP contribution in [0.2, 0.25) is 0 Å². The normalized spacial score (nSPS) is 12.2. The van der Waals surface area contributed by atoms with Gasteiger partial charge >= 0.3 is 11.7 Å². The van der Waals surface area contributed by atoms with E-state index in [9.17, 15) is 23.1 Å². The van der Waals surface area contributed by atoms with Crippen molar-refractivity contribution in [2.24, 2.45) is 0 Å². The number of rotatable bonds is 9. The standard InChI is InChI=1S/C22H23N7O5S/c1-13(2)29(35(33)34)18-11-23-12-25-19(18)26-17(21(30)31)10-14-5-7-15(8-6-14)28-20-16(27-22(28)32)4-3-9-24-20/h3-9,11-13,17,35H,10H2,1-2H3,(H,27,32)(H,30,31)(H,23,25,26)/t17-/m0/s1. The molecule has 13 heteroatoms. The van der Waals surface area contributed by atoms with Crippen molar-refractivity contribution in [1.82, 2.24) is 24.5 Å². The third kappa shape index (κ3) is 4.99. The number of H-pyrrole nitrogens is 1. The molecule has 0 bridgehead atoms. The Kier molecular flexibility index (Phi) is 6.78. The van der Waals surface area contributed by atoms with Crippen molar-refractivity contribution in [3.05, 3.63) is 71.2 Å². The Labute approximate surface area is 201 Å². The second kappa shape index (κ2) is 9.93. The SMILES string of the molecule is CC(C)N(c1cncnc1N[C@@H](Cc1ccc(-n2c(=O)[nH]c3cccnc32)cc1)C(=O)O)[SH](=O)=O. The number of thiol groups is 1. The number of carboxylic acids is 1. The van der Waals surface area contributed by atoms with Crippen LogP contribution in [0.3, 0.4) is 0 Å². The molecule has 0 saturated carbocycles. The number of imidazole rings is 1. The minimum Gasteiger partial charge on any atom is -0.480 e. The van der Waals surface area contributed by atoms with Gasteiger partial charge in [-0.25, -0.2) is 37.5 Å². The molecular weight excluding hydrogens is 474 g/mol. The van der Waals surface area contributed by atoms with Crippen LogP contribution in [0.4, 0.5) is 11.5 Å². The lowest BCUT2D eigenvalue weighted by Crippen LogP contribution is -2.34. The predicted molar refractivity (Wildman–Crippen MR) is 130 cm³/mol. The van der Waals surface area contributed by atoms with Gasteiger partial charge in [-0.15, -0.1) is 0 Å². The zero-order valence-electron chi connectivity index (χ0n) is 18.8. The van der Waals surface area contributed by atoms with Crippen LogP contribution in [0, 0.1) is 0 Å². The molecule has 3 N–H and O–H groups in total. The van der Waals surface area contributed by atoms with Crippen molar-refractivity contribution in [1.29, 1.82) is 0 Å². The number of carbonyl (C=O) groups is 1. The number of aliphatic carboxylic acids is 1. The second-order valence-corrected chi connectivity index (χ2v) is 8.89. The average molecular weight is 498 g/mol. The molecular formula is C22H23N7O5S. The Morgan fingerprint density at radius 2 is 1.94 bits per heavy atom. The van der Waals surface area contributed by atoms with E-state index in [1.807, 2.05) is 0 Å². The van der Waals surface area contributed by atoms with Gasteiger partial charge < -0.3 is 15.4 Å². The molecule has 0 aliphatic heterocycles. The molecule has 4 aromatic rings. The number of aromatic amines is 1. The van der Waals surface area contributed by atoms with Gasteiger partial charge in [-0.05, 0) is 43.7 Å². The number of hydrogen-bond acceptors (Lipinski definition) is 8. The van der Waals surface area contributed by atoms with E-state index in [4.69, 9.17) is 0 Å². The average Bonchev–Trinajstić information content (AvgIpc) is 3.15. The predicted octanol–water partition coefficient (Wildman–Crippen LogP) is 1.35. The fraction of sp³-hybridized carbons (Fsp3) is 0.227. The Bertz CT molecular complexity index is 1490. The topological polar surface area (TPSA) is 163 Å². The van der Waals surface area contributed by atoms with Gasteiger partial charge in [0.1, 0.15) is 18.1 Å². The fourth-order valence-electron chi connectivity index (χ4n) is 3.72. The number of pyridine rings is 1. The van der Waals surface area contributed by atoms with Gasteiger partial charge in [-0.1, -0.05) is 12.1 Å². The van der Waals surface area contributed by atoms with E-state index in [-0.39, 0.29) is 23.6 Å². The maximum absolute atomic E-state index is 12.4. The lowest BCUT2D eigenvalue weighted by atomic mass is 10.1. The lowest BCUT2D eigenvalue weighted by molar-refractivity contribution is -0.137. The van der Waals surface area contributed by atoms with Crippen molar-refractivity contribution >= 4 is 39.5 Å². The van der Waals surface area contributed by atoms with E-state index in [0.29, 0.717) is 22.4 Å². The monoisotopic (exact) mass is 497 g/mol. The number of nitrogens with one attached hydrogen (secondary N) is 2. The maximum atomic E-state index is 12.4. The molecule has 0 amide bonds. The highest BCUT2D eigenvalue weighted by molar-refractivity contribution is 7.74. The summed E-state index contributed by atoms with van der Waals surface area (Å²) < 4.78 is 26.1. The van der Waals surface area contributed by atoms with Crippen molar-refractivity contribution in [3.63, 3.8) is 0 Å². The van der Waals surface area contributed by atoms with Gasteiger partial charge in [0.25, 0.3) is 0 Å². The summed E-state index contributed by atoms with van der Waals surface area (Å²) in [5.74, 6) is -1.05. The van der Waals surface area contributed by atoms with Crippen molar-refractivity contribution in [2.75, 3.05) is 9.62 Å². The molecule has 0 aliphatic rings. The minimum atomic E-state index is -2.99. The summed E-state index contributed by atoms with van der Waals surface area (Å²) in [5.41, 5.74) is 2.17. The van der Waals surface area contributed by atoms with E-state index in [1.54, 1.807) is 56.4 Å². The number of fused-ring (bicyclic) bond motifs is 1. The van der Waals surface area contributed by atoms with Crippen LogP contribution in [0.5, 0.6) is 0 Å². The molecule has 4 rings (SSSR count). The van der Waals surface area contributed by atoms with Crippen LogP contribution in [0.15, 0.2) is 59.9 Å². The molecule has 3 aromatic heterocycles. The first-order valence-corrected chi connectivity index (χ1v) is 11.8. The molecule has 1 aromatic carbocycles. The van der Waals surface area contributed by atoms with Crippen LogP contribution < -0.4 is 15.3 Å². The summed E-state index contributed by atoms with van der Waals surface area (Å²) in [6.07, 6.45) is 4.20. The summed E-state index contributed by atoms with van der Waals surface area (Å²) in [6.45, 7) is 3.37. The lowest BCUT2D eigenvalue weighted by Gasteiger charge is -2.25. The van der Waals surface area contributed by atoms with Gasteiger partial charge in [0.15, 0.2) is 11.5 Å². The number of hydrogen-bond donors (Lipinski definition) is 4. The van der Waals surface area contributed by atoms with Gasteiger partial charge in [0.2, 0.25) is 10.9 Å². The molecule has 35 heavy (non-hydrogen) atoms. The van der Waals surface area contributed by atoms with Crippen LogP contribution in [-0.2, 0) is 22.1 Å². The molecule has 1 atom stereocenters. The number of carboxylic acid groups (broad SMARTS) is 1. The molecule has 0 radical (unpaired) electrons. The summed E-state index contributed by atoms with van der Waals surface area (Å²) in [4.78, 5) is 39.4. The number of benzene rings is 1. The Hall–Kier alpha value is -4.26. The zero-order chi connectivity index (χ0) is 25.1. The van der Waals surface area contributed by atoms with Crippen molar-refractivity contribution < 1.29 is 18.3 Å². The van der Waals surface area contributed by atoms with Gasteiger partial charge in [0.05, 0.1) is 17.4 Å². The van der Waals surface area contributed by atoms with E-state index >= 15 is 0 Å².